The first-order valence-electron chi connectivity index (χ1n) is 10.6. The number of carbonyl (C=O) groups is 1. The molecule has 0 aliphatic carbocycles. The van der Waals surface area contributed by atoms with Crippen molar-refractivity contribution in [1.82, 2.24) is 9.78 Å². The van der Waals surface area contributed by atoms with Crippen LogP contribution in [0.3, 0.4) is 0 Å². The monoisotopic (exact) mass is 560 g/mol. The molecule has 4 rings (SSSR count). The number of aromatic nitrogens is 2. The first-order chi connectivity index (χ1) is 16.5. The summed E-state index contributed by atoms with van der Waals surface area (Å²) >= 11 is 11.7. The number of hydrogen-bond acceptors (Lipinski definition) is 6. The van der Waals surface area contributed by atoms with Gasteiger partial charge in [-0.15, -0.1) is 11.3 Å². The molecule has 2 aromatic heterocycles. The van der Waals surface area contributed by atoms with Crippen LogP contribution < -0.4 is 9.47 Å². The smallest absolute Gasteiger partial charge is 0.337 e. The maximum atomic E-state index is 11.7. The third kappa shape index (κ3) is 5.29. The number of esters is 1. The van der Waals surface area contributed by atoms with Gasteiger partial charge in [-0.25, -0.2) is 9.48 Å². The van der Waals surface area contributed by atoms with Gasteiger partial charge in [-0.3, -0.25) is 0 Å². The molecule has 9 heteroatoms. The Hall–Kier alpha value is -2.81. The summed E-state index contributed by atoms with van der Waals surface area (Å²) in [6.45, 7) is 3.21. The Labute approximate surface area is 215 Å². The van der Waals surface area contributed by atoms with Crippen LogP contribution in [0.4, 0.5) is 0 Å². The predicted octanol–water partition coefficient (Wildman–Crippen LogP) is 6.96. The van der Waals surface area contributed by atoms with Gasteiger partial charge in [-0.2, -0.15) is 5.10 Å². The Morgan fingerprint density at radius 1 is 1.12 bits per heavy atom. The van der Waals surface area contributed by atoms with Gasteiger partial charge >= 0.3 is 5.97 Å². The van der Waals surface area contributed by atoms with Crippen molar-refractivity contribution in [3.05, 3.63) is 75.0 Å². The zero-order valence-corrected chi connectivity index (χ0v) is 21.7. The average molecular weight is 562 g/mol. The molecule has 0 radical (unpaired) electrons. The number of halogens is 2. The minimum Gasteiger partial charge on any atom is -0.490 e. The highest BCUT2D eigenvalue weighted by molar-refractivity contribution is 9.10. The summed E-state index contributed by atoms with van der Waals surface area (Å²) < 4.78 is 19.0. The summed E-state index contributed by atoms with van der Waals surface area (Å²) in [6, 6.07) is 16.9. The van der Waals surface area contributed by atoms with Crippen LogP contribution in [-0.4, -0.2) is 36.1 Å². The van der Waals surface area contributed by atoms with Crippen LogP contribution in [0.5, 0.6) is 11.6 Å². The normalized spacial score (nSPS) is 10.8. The maximum absolute atomic E-state index is 11.7. The molecule has 4 aromatic rings. The van der Waals surface area contributed by atoms with E-state index in [2.05, 4.69) is 22.0 Å². The molecule has 2 heterocycles. The highest BCUT2D eigenvalue weighted by atomic mass is 79.9. The van der Waals surface area contributed by atoms with E-state index in [1.165, 1.54) is 7.11 Å². The van der Waals surface area contributed by atoms with Crippen LogP contribution >= 0.6 is 38.9 Å². The molecule has 176 valence electrons. The molecule has 0 atom stereocenters. The zero-order valence-electron chi connectivity index (χ0n) is 18.6. The molecular formula is C25H22BrClN2O4S. The fourth-order valence-corrected chi connectivity index (χ4v) is 4.96. The van der Waals surface area contributed by atoms with E-state index in [4.69, 9.17) is 30.9 Å². The summed E-state index contributed by atoms with van der Waals surface area (Å²) in [4.78, 5) is 12.9. The van der Waals surface area contributed by atoms with Crippen molar-refractivity contribution in [2.45, 2.75) is 13.5 Å². The van der Waals surface area contributed by atoms with Crippen molar-refractivity contribution < 1.29 is 19.0 Å². The van der Waals surface area contributed by atoms with Gasteiger partial charge in [0.1, 0.15) is 22.5 Å². The number of methoxy groups -OCH3 is 1. The molecule has 0 bridgehead atoms. The van der Waals surface area contributed by atoms with Crippen LogP contribution in [0.25, 0.3) is 21.7 Å². The SMILES string of the molecule is CCOc1c(Br)c(-c2ccc(C(=O)OC)cc2)nn1CCOc1ccc(-c2cccs2)cc1Cl. The molecule has 0 fully saturated rings. The summed E-state index contributed by atoms with van der Waals surface area (Å²) in [5, 5.41) is 7.31. The van der Waals surface area contributed by atoms with Gasteiger partial charge < -0.3 is 14.2 Å². The number of benzene rings is 2. The van der Waals surface area contributed by atoms with E-state index < -0.39 is 0 Å². The van der Waals surface area contributed by atoms with Crippen LogP contribution in [0.2, 0.25) is 5.02 Å². The Morgan fingerprint density at radius 3 is 2.53 bits per heavy atom. The predicted molar refractivity (Wildman–Crippen MR) is 138 cm³/mol. The third-order valence-corrected chi connectivity index (χ3v) is 6.94. The topological polar surface area (TPSA) is 62.6 Å². The number of thiophene rings is 1. The summed E-state index contributed by atoms with van der Waals surface area (Å²) in [5.41, 5.74) is 3.08. The highest BCUT2D eigenvalue weighted by Crippen LogP contribution is 2.36. The molecule has 0 saturated carbocycles. The van der Waals surface area contributed by atoms with Gasteiger partial charge in [0.2, 0.25) is 5.88 Å². The van der Waals surface area contributed by atoms with Gasteiger partial charge in [-0.1, -0.05) is 29.8 Å². The molecule has 0 aliphatic heterocycles. The van der Waals surface area contributed by atoms with Crippen molar-refractivity contribution in [3.63, 3.8) is 0 Å². The molecular weight excluding hydrogens is 540 g/mol. The van der Waals surface area contributed by atoms with E-state index in [9.17, 15) is 4.79 Å². The summed E-state index contributed by atoms with van der Waals surface area (Å²) in [7, 11) is 1.36. The van der Waals surface area contributed by atoms with Crippen molar-refractivity contribution in [3.8, 4) is 33.3 Å². The maximum Gasteiger partial charge on any atom is 0.337 e. The highest BCUT2D eigenvalue weighted by Gasteiger charge is 2.19. The van der Waals surface area contributed by atoms with Gasteiger partial charge in [-0.05, 0) is 70.2 Å². The first kappa shape index (κ1) is 24.3. The molecule has 34 heavy (non-hydrogen) atoms. The lowest BCUT2D eigenvalue weighted by molar-refractivity contribution is 0.0600. The van der Waals surface area contributed by atoms with Crippen molar-refractivity contribution >= 4 is 44.8 Å². The quantitative estimate of drug-likeness (QED) is 0.207. The fraction of sp³-hybridized carbons (Fsp3) is 0.200. The van der Waals surface area contributed by atoms with Crippen LogP contribution in [0.1, 0.15) is 17.3 Å². The molecule has 0 N–H and O–H groups in total. The van der Waals surface area contributed by atoms with Gasteiger partial charge in [0.25, 0.3) is 0 Å². The molecule has 0 unspecified atom stereocenters. The largest absolute Gasteiger partial charge is 0.490 e. The van der Waals surface area contributed by atoms with E-state index in [-0.39, 0.29) is 5.97 Å². The second-order valence-electron chi connectivity index (χ2n) is 7.16. The Morgan fingerprint density at radius 2 is 1.88 bits per heavy atom. The fourth-order valence-electron chi connectivity index (χ4n) is 3.37. The third-order valence-electron chi connectivity index (χ3n) is 5.01. The second-order valence-corrected chi connectivity index (χ2v) is 9.31. The molecule has 6 nitrogen and oxygen atoms in total. The van der Waals surface area contributed by atoms with E-state index in [0.29, 0.717) is 47.7 Å². The standard InChI is InChI=1S/C25H22BrClN2O4S/c1-3-32-24-22(26)23(16-6-8-17(9-7-16)25(30)31-2)28-29(24)12-13-33-20-11-10-18(15-19(20)27)21-5-4-14-34-21/h4-11,14-15H,3,12-13H2,1-2H3. The van der Waals surface area contributed by atoms with Crippen molar-refractivity contribution in [1.29, 1.82) is 0 Å². The lowest BCUT2D eigenvalue weighted by Crippen LogP contribution is -2.12. The van der Waals surface area contributed by atoms with Gasteiger partial charge in [0, 0.05) is 10.4 Å². The Balaban J connectivity index is 1.49. The lowest BCUT2D eigenvalue weighted by atomic mass is 10.1. The van der Waals surface area contributed by atoms with E-state index in [1.807, 2.05) is 48.7 Å². The average Bonchev–Trinajstić information content (AvgIpc) is 3.49. The number of rotatable bonds is 9. The number of carbonyl (C=O) groups excluding carboxylic acids is 1. The van der Waals surface area contributed by atoms with E-state index >= 15 is 0 Å². The Kier molecular flexibility index (Phi) is 7.92. The molecule has 0 aliphatic rings. The zero-order chi connectivity index (χ0) is 24.1. The van der Waals surface area contributed by atoms with Crippen LogP contribution in [0, 0.1) is 0 Å². The minimum atomic E-state index is -0.384. The number of ether oxygens (including phenoxy) is 3. The van der Waals surface area contributed by atoms with Crippen molar-refractivity contribution in [2.75, 3.05) is 20.3 Å². The first-order valence-corrected chi connectivity index (χ1v) is 12.6. The van der Waals surface area contributed by atoms with Crippen molar-refractivity contribution in [2.24, 2.45) is 0 Å². The van der Waals surface area contributed by atoms with Gasteiger partial charge in [0.05, 0.1) is 30.8 Å². The number of hydrogen-bond donors (Lipinski definition) is 0. The summed E-state index contributed by atoms with van der Waals surface area (Å²) in [6.07, 6.45) is 0. The number of nitrogens with zero attached hydrogens (tertiary/aromatic N) is 2. The van der Waals surface area contributed by atoms with Crippen LogP contribution in [-0.2, 0) is 11.3 Å². The Bertz CT molecular complexity index is 1270. The molecule has 2 aromatic carbocycles. The van der Waals surface area contributed by atoms with E-state index in [0.717, 1.165) is 20.5 Å². The van der Waals surface area contributed by atoms with Crippen LogP contribution in [0.15, 0.2) is 64.5 Å². The lowest BCUT2D eigenvalue weighted by Gasteiger charge is -2.11. The minimum absolute atomic E-state index is 0.354. The van der Waals surface area contributed by atoms with E-state index in [1.54, 1.807) is 28.2 Å². The second kappa shape index (κ2) is 11.1. The molecule has 0 amide bonds. The summed E-state index contributed by atoms with van der Waals surface area (Å²) in [5.74, 6) is 0.840. The molecule has 0 saturated heterocycles. The van der Waals surface area contributed by atoms with Gasteiger partial charge in [0.15, 0.2) is 0 Å². The molecule has 0 spiro atoms.